The fourth-order valence-electron chi connectivity index (χ4n) is 0.938. The average Bonchev–Trinajstić information content (AvgIpc) is 2.03. The molecule has 0 aromatic carbocycles. The van der Waals surface area contributed by atoms with E-state index in [1.54, 1.807) is 13.2 Å². The zero-order valence-corrected chi connectivity index (χ0v) is 8.81. The van der Waals surface area contributed by atoms with Gasteiger partial charge >= 0.3 is 0 Å². The number of hydrogen-bond donors (Lipinski definition) is 1. The molecule has 13 heavy (non-hydrogen) atoms. The van der Waals surface area contributed by atoms with Crippen molar-refractivity contribution in [3.63, 3.8) is 0 Å². The van der Waals surface area contributed by atoms with Crippen LogP contribution in [0.15, 0.2) is 6.07 Å². The van der Waals surface area contributed by atoms with E-state index in [4.69, 9.17) is 17.0 Å². The Balaban J connectivity index is 3.04. The van der Waals surface area contributed by atoms with E-state index in [9.17, 15) is 0 Å². The fourth-order valence-corrected chi connectivity index (χ4v) is 1.17. The predicted molar refractivity (Wildman–Crippen MR) is 54.5 cm³/mol. The summed E-state index contributed by atoms with van der Waals surface area (Å²) < 4.78 is 5.57. The standard InChI is InChI=1S/C8H13N3OS/c1-11(2)8-9-6(5-12-3)4-7(13)10-8/h4H,5H2,1-3H3,(H,9,10,13). The lowest BCUT2D eigenvalue weighted by atomic mass is 10.4. The molecule has 0 atom stereocenters. The summed E-state index contributed by atoms with van der Waals surface area (Å²) in [5.41, 5.74) is 0.936. The maximum absolute atomic E-state index is 5.01. The van der Waals surface area contributed by atoms with Crippen LogP contribution in [0.4, 0.5) is 5.95 Å². The lowest BCUT2D eigenvalue weighted by Gasteiger charge is -2.11. The molecule has 5 heteroatoms. The zero-order chi connectivity index (χ0) is 9.84. The van der Waals surface area contributed by atoms with Gasteiger partial charge in [-0.3, -0.25) is 0 Å². The number of hydrogen-bond acceptors (Lipinski definition) is 4. The highest BCUT2D eigenvalue weighted by Crippen LogP contribution is 2.05. The molecule has 0 spiro atoms. The first-order valence-corrected chi connectivity index (χ1v) is 4.31. The molecule has 1 rings (SSSR count). The van der Waals surface area contributed by atoms with Gasteiger partial charge in [-0.25, -0.2) is 4.98 Å². The SMILES string of the molecule is COCc1cc(=S)nc(N(C)C)[nH]1. The highest BCUT2D eigenvalue weighted by molar-refractivity contribution is 7.71. The van der Waals surface area contributed by atoms with E-state index < -0.39 is 0 Å². The topological polar surface area (TPSA) is 41.1 Å². The van der Waals surface area contributed by atoms with Gasteiger partial charge in [0.2, 0.25) is 5.95 Å². The largest absolute Gasteiger partial charge is 0.378 e. The van der Waals surface area contributed by atoms with Gasteiger partial charge in [0, 0.05) is 26.9 Å². The van der Waals surface area contributed by atoms with Crippen molar-refractivity contribution in [3.05, 3.63) is 16.4 Å². The fraction of sp³-hybridized carbons (Fsp3) is 0.500. The summed E-state index contributed by atoms with van der Waals surface area (Å²) in [6, 6.07) is 1.80. The number of H-pyrrole nitrogens is 1. The van der Waals surface area contributed by atoms with Gasteiger partial charge in [0.15, 0.2) is 0 Å². The maximum Gasteiger partial charge on any atom is 0.203 e. The minimum Gasteiger partial charge on any atom is -0.378 e. The van der Waals surface area contributed by atoms with E-state index in [0.29, 0.717) is 11.2 Å². The molecule has 1 N–H and O–H groups in total. The summed E-state index contributed by atoms with van der Waals surface area (Å²) in [6.07, 6.45) is 0. The third-order valence-electron chi connectivity index (χ3n) is 1.51. The van der Waals surface area contributed by atoms with Crippen LogP contribution in [0.1, 0.15) is 5.69 Å². The number of anilines is 1. The lowest BCUT2D eigenvalue weighted by molar-refractivity contribution is 0.181. The third-order valence-corrected chi connectivity index (χ3v) is 1.72. The predicted octanol–water partition coefficient (Wildman–Crippen LogP) is 1.35. The first-order valence-electron chi connectivity index (χ1n) is 3.90. The Morgan fingerprint density at radius 3 is 2.85 bits per heavy atom. The number of aromatic nitrogens is 2. The van der Waals surface area contributed by atoms with Crippen LogP contribution in [-0.2, 0) is 11.3 Å². The minimum absolute atomic E-state index is 0.521. The molecule has 0 radical (unpaired) electrons. The van der Waals surface area contributed by atoms with Crippen molar-refractivity contribution in [3.8, 4) is 0 Å². The summed E-state index contributed by atoms with van der Waals surface area (Å²) in [5, 5.41) is 0. The van der Waals surface area contributed by atoms with E-state index in [1.165, 1.54) is 0 Å². The molecule has 1 aromatic rings. The summed E-state index contributed by atoms with van der Waals surface area (Å²) in [5.74, 6) is 0.750. The van der Waals surface area contributed by atoms with Crippen molar-refractivity contribution in [2.75, 3.05) is 26.1 Å². The first kappa shape index (κ1) is 10.1. The molecule has 0 aliphatic heterocycles. The molecule has 0 bridgehead atoms. The number of methoxy groups -OCH3 is 1. The maximum atomic E-state index is 5.01. The summed E-state index contributed by atoms with van der Waals surface area (Å²) in [7, 11) is 5.46. The monoisotopic (exact) mass is 199 g/mol. The van der Waals surface area contributed by atoms with Gasteiger partial charge < -0.3 is 14.6 Å². The molecule has 0 amide bonds. The first-order chi connectivity index (χ1) is 6.13. The molecule has 0 aliphatic rings. The Hall–Kier alpha value is -0.940. The number of nitrogens with zero attached hydrogens (tertiary/aromatic N) is 2. The van der Waals surface area contributed by atoms with Crippen LogP contribution < -0.4 is 4.90 Å². The minimum atomic E-state index is 0.521. The molecule has 0 aliphatic carbocycles. The number of aromatic amines is 1. The van der Waals surface area contributed by atoms with Gasteiger partial charge in [-0.15, -0.1) is 0 Å². The lowest BCUT2D eigenvalue weighted by Crippen LogP contribution is -2.13. The summed E-state index contributed by atoms with van der Waals surface area (Å²) in [4.78, 5) is 9.12. The molecule has 0 saturated heterocycles. The van der Waals surface area contributed by atoms with Crippen LogP contribution >= 0.6 is 12.2 Å². The van der Waals surface area contributed by atoms with Gasteiger partial charge in [0.05, 0.1) is 6.61 Å². The van der Waals surface area contributed by atoms with Gasteiger partial charge in [-0.2, -0.15) is 0 Å². The van der Waals surface area contributed by atoms with Gasteiger partial charge in [0.25, 0.3) is 0 Å². The Morgan fingerprint density at radius 1 is 1.62 bits per heavy atom. The van der Waals surface area contributed by atoms with E-state index in [-0.39, 0.29) is 0 Å². The van der Waals surface area contributed by atoms with Crippen LogP contribution in [-0.4, -0.2) is 31.2 Å². The van der Waals surface area contributed by atoms with Crippen molar-refractivity contribution in [1.82, 2.24) is 9.97 Å². The molecule has 72 valence electrons. The number of rotatable bonds is 3. The summed E-state index contributed by atoms with van der Waals surface area (Å²) in [6.45, 7) is 0.521. The second-order valence-corrected chi connectivity index (χ2v) is 3.31. The molecular weight excluding hydrogens is 186 g/mol. The molecule has 0 fully saturated rings. The van der Waals surface area contributed by atoms with Crippen LogP contribution in [0.2, 0.25) is 0 Å². The molecule has 1 heterocycles. The summed E-state index contributed by atoms with van der Waals surface area (Å²) >= 11 is 5.01. The van der Waals surface area contributed by atoms with Gasteiger partial charge in [-0.05, 0) is 6.07 Å². The number of nitrogens with one attached hydrogen (secondary N) is 1. The van der Waals surface area contributed by atoms with Crippen LogP contribution in [0, 0.1) is 4.64 Å². The van der Waals surface area contributed by atoms with Crippen molar-refractivity contribution in [2.24, 2.45) is 0 Å². The normalized spacial score (nSPS) is 10.1. The Kier molecular flexibility index (Phi) is 3.39. The van der Waals surface area contributed by atoms with E-state index in [0.717, 1.165) is 11.6 Å². The van der Waals surface area contributed by atoms with E-state index >= 15 is 0 Å². The molecule has 1 aromatic heterocycles. The molecular formula is C8H13N3OS. The quantitative estimate of drug-likeness (QED) is 0.746. The van der Waals surface area contributed by atoms with Crippen molar-refractivity contribution in [1.29, 1.82) is 0 Å². The van der Waals surface area contributed by atoms with Crippen LogP contribution in [0.5, 0.6) is 0 Å². The van der Waals surface area contributed by atoms with Gasteiger partial charge in [0.1, 0.15) is 4.64 Å². The smallest absolute Gasteiger partial charge is 0.203 e. The van der Waals surface area contributed by atoms with Crippen molar-refractivity contribution >= 4 is 18.2 Å². The highest BCUT2D eigenvalue weighted by Gasteiger charge is 1.99. The Bertz CT molecular complexity index is 334. The Morgan fingerprint density at radius 2 is 2.31 bits per heavy atom. The van der Waals surface area contributed by atoms with Crippen molar-refractivity contribution in [2.45, 2.75) is 6.61 Å². The van der Waals surface area contributed by atoms with E-state index in [2.05, 4.69) is 9.97 Å². The molecule has 0 saturated carbocycles. The van der Waals surface area contributed by atoms with Crippen molar-refractivity contribution < 1.29 is 4.74 Å². The van der Waals surface area contributed by atoms with Crippen LogP contribution in [0.25, 0.3) is 0 Å². The molecule has 0 unspecified atom stereocenters. The van der Waals surface area contributed by atoms with E-state index in [1.807, 2.05) is 19.0 Å². The second-order valence-electron chi connectivity index (χ2n) is 2.90. The highest BCUT2D eigenvalue weighted by atomic mass is 32.1. The average molecular weight is 199 g/mol. The molecule has 4 nitrogen and oxygen atoms in total. The Labute approximate surface area is 82.6 Å². The van der Waals surface area contributed by atoms with Crippen LogP contribution in [0.3, 0.4) is 0 Å². The third kappa shape index (κ3) is 2.78. The second kappa shape index (κ2) is 4.34. The number of ether oxygens (including phenoxy) is 1. The zero-order valence-electron chi connectivity index (χ0n) is 8.00. The van der Waals surface area contributed by atoms with Gasteiger partial charge in [-0.1, -0.05) is 12.2 Å².